The SMILES string of the molecule is Cc1nc(-c2cccc(NC(=O)/C=C/c3cnn(-c4ccccc4)c3)c2)cs1. The van der Waals surface area contributed by atoms with Gasteiger partial charge in [-0.25, -0.2) is 9.67 Å². The highest BCUT2D eigenvalue weighted by Gasteiger charge is 2.05. The van der Waals surface area contributed by atoms with Gasteiger partial charge >= 0.3 is 0 Å². The Balaban J connectivity index is 1.43. The molecular weight excluding hydrogens is 368 g/mol. The highest BCUT2D eigenvalue weighted by Crippen LogP contribution is 2.24. The van der Waals surface area contributed by atoms with E-state index in [1.807, 2.05) is 73.1 Å². The number of nitrogens with one attached hydrogen (secondary N) is 1. The van der Waals surface area contributed by atoms with E-state index in [4.69, 9.17) is 0 Å². The van der Waals surface area contributed by atoms with Gasteiger partial charge in [-0.05, 0) is 37.3 Å². The van der Waals surface area contributed by atoms with Crippen LogP contribution in [0.4, 0.5) is 5.69 Å². The standard InChI is InChI=1S/C22H18N4OS/c1-16-24-21(15-28-16)18-6-5-7-19(12-18)25-22(27)11-10-17-13-23-26(14-17)20-8-3-2-4-9-20/h2-15H,1H3,(H,25,27)/b11-10+. The molecule has 0 fully saturated rings. The maximum absolute atomic E-state index is 12.3. The van der Waals surface area contributed by atoms with Gasteiger partial charge < -0.3 is 5.32 Å². The first-order valence-electron chi connectivity index (χ1n) is 8.79. The van der Waals surface area contributed by atoms with Crippen molar-refractivity contribution in [3.63, 3.8) is 0 Å². The van der Waals surface area contributed by atoms with Crippen molar-refractivity contribution in [2.24, 2.45) is 0 Å². The van der Waals surface area contributed by atoms with Crippen LogP contribution in [-0.4, -0.2) is 20.7 Å². The molecule has 28 heavy (non-hydrogen) atoms. The van der Waals surface area contributed by atoms with E-state index in [0.717, 1.165) is 33.2 Å². The third-order valence-electron chi connectivity index (χ3n) is 4.10. The number of carbonyl (C=O) groups is 1. The zero-order chi connectivity index (χ0) is 19.3. The summed E-state index contributed by atoms with van der Waals surface area (Å²) in [6.07, 6.45) is 6.85. The van der Waals surface area contributed by atoms with Crippen molar-refractivity contribution in [3.05, 3.63) is 89.0 Å². The fourth-order valence-electron chi connectivity index (χ4n) is 2.75. The van der Waals surface area contributed by atoms with Crippen LogP contribution in [0, 0.1) is 6.92 Å². The summed E-state index contributed by atoms with van der Waals surface area (Å²) >= 11 is 1.61. The average molecular weight is 386 g/mol. The van der Waals surface area contributed by atoms with Crippen LogP contribution in [0.5, 0.6) is 0 Å². The van der Waals surface area contributed by atoms with Gasteiger partial charge in [-0.15, -0.1) is 11.3 Å². The number of thiazole rings is 1. The highest BCUT2D eigenvalue weighted by atomic mass is 32.1. The van der Waals surface area contributed by atoms with Gasteiger partial charge in [-0.2, -0.15) is 5.10 Å². The molecule has 0 radical (unpaired) electrons. The number of nitrogens with zero attached hydrogens (tertiary/aromatic N) is 3. The number of aryl methyl sites for hydroxylation is 1. The number of carbonyl (C=O) groups excluding carboxylic acids is 1. The molecule has 2 aromatic heterocycles. The average Bonchev–Trinajstić information content (AvgIpc) is 3.36. The summed E-state index contributed by atoms with van der Waals surface area (Å²) in [5.41, 5.74) is 4.46. The van der Waals surface area contributed by atoms with E-state index < -0.39 is 0 Å². The molecule has 4 aromatic rings. The van der Waals surface area contributed by atoms with Gasteiger partial charge in [0.15, 0.2) is 0 Å². The topological polar surface area (TPSA) is 59.8 Å². The number of para-hydroxylation sites is 1. The molecule has 0 spiro atoms. The summed E-state index contributed by atoms with van der Waals surface area (Å²) in [5.74, 6) is -0.195. The van der Waals surface area contributed by atoms with E-state index in [1.54, 1.807) is 28.3 Å². The van der Waals surface area contributed by atoms with Crippen LogP contribution in [0.2, 0.25) is 0 Å². The molecule has 0 aliphatic heterocycles. The summed E-state index contributed by atoms with van der Waals surface area (Å²) in [6.45, 7) is 1.98. The molecule has 1 N–H and O–H groups in total. The number of amides is 1. The number of hydrogen-bond donors (Lipinski definition) is 1. The van der Waals surface area contributed by atoms with Gasteiger partial charge in [0.05, 0.1) is 22.6 Å². The maximum Gasteiger partial charge on any atom is 0.248 e. The second-order valence-electron chi connectivity index (χ2n) is 6.21. The van der Waals surface area contributed by atoms with Crippen molar-refractivity contribution >= 4 is 29.0 Å². The summed E-state index contributed by atoms with van der Waals surface area (Å²) in [4.78, 5) is 16.8. The van der Waals surface area contributed by atoms with Gasteiger partial charge in [-0.3, -0.25) is 4.79 Å². The van der Waals surface area contributed by atoms with E-state index in [-0.39, 0.29) is 5.91 Å². The lowest BCUT2D eigenvalue weighted by atomic mass is 10.1. The molecule has 0 saturated carbocycles. The largest absolute Gasteiger partial charge is 0.322 e. The number of rotatable bonds is 5. The lowest BCUT2D eigenvalue weighted by Gasteiger charge is -2.04. The molecule has 2 aromatic carbocycles. The van der Waals surface area contributed by atoms with Gasteiger partial charge in [-0.1, -0.05) is 30.3 Å². The van der Waals surface area contributed by atoms with Crippen LogP contribution < -0.4 is 5.32 Å². The van der Waals surface area contributed by atoms with Crippen molar-refractivity contribution in [2.75, 3.05) is 5.32 Å². The molecule has 0 aliphatic rings. The predicted molar refractivity (Wildman–Crippen MR) is 114 cm³/mol. The minimum absolute atomic E-state index is 0.195. The molecule has 0 unspecified atom stereocenters. The summed E-state index contributed by atoms with van der Waals surface area (Å²) in [6, 6.07) is 17.5. The Morgan fingerprint density at radius 3 is 2.79 bits per heavy atom. The van der Waals surface area contributed by atoms with E-state index in [9.17, 15) is 4.79 Å². The zero-order valence-electron chi connectivity index (χ0n) is 15.2. The first kappa shape index (κ1) is 17.9. The minimum Gasteiger partial charge on any atom is -0.322 e. The van der Waals surface area contributed by atoms with Crippen LogP contribution in [0.3, 0.4) is 0 Å². The Kier molecular flexibility index (Phi) is 5.12. The molecule has 4 rings (SSSR count). The van der Waals surface area contributed by atoms with Crippen molar-refractivity contribution < 1.29 is 4.79 Å². The van der Waals surface area contributed by atoms with Crippen LogP contribution in [0.25, 0.3) is 23.0 Å². The highest BCUT2D eigenvalue weighted by molar-refractivity contribution is 7.09. The third kappa shape index (κ3) is 4.24. The molecule has 138 valence electrons. The van der Waals surface area contributed by atoms with Crippen LogP contribution in [0.1, 0.15) is 10.6 Å². The molecule has 0 bridgehead atoms. The van der Waals surface area contributed by atoms with Crippen LogP contribution in [0.15, 0.2) is 78.4 Å². The Morgan fingerprint density at radius 2 is 2.00 bits per heavy atom. The monoisotopic (exact) mass is 386 g/mol. The smallest absolute Gasteiger partial charge is 0.248 e. The Morgan fingerprint density at radius 1 is 1.14 bits per heavy atom. The minimum atomic E-state index is -0.195. The molecule has 2 heterocycles. The third-order valence-corrected chi connectivity index (χ3v) is 4.87. The summed E-state index contributed by atoms with van der Waals surface area (Å²) < 4.78 is 1.77. The second-order valence-corrected chi connectivity index (χ2v) is 7.27. The van der Waals surface area contributed by atoms with Gasteiger partial charge in [0.25, 0.3) is 0 Å². The molecule has 0 aliphatic carbocycles. The fourth-order valence-corrected chi connectivity index (χ4v) is 3.37. The van der Waals surface area contributed by atoms with Crippen molar-refractivity contribution in [1.29, 1.82) is 0 Å². The second kappa shape index (κ2) is 8.02. The summed E-state index contributed by atoms with van der Waals surface area (Å²) in [7, 11) is 0. The van der Waals surface area contributed by atoms with E-state index >= 15 is 0 Å². The molecule has 6 heteroatoms. The van der Waals surface area contributed by atoms with Crippen molar-refractivity contribution in [1.82, 2.24) is 14.8 Å². The van der Waals surface area contributed by atoms with Crippen molar-refractivity contribution in [3.8, 4) is 16.9 Å². The normalized spacial score (nSPS) is 11.0. The van der Waals surface area contributed by atoms with Crippen LogP contribution in [-0.2, 0) is 4.79 Å². The Bertz CT molecular complexity index is 1130. The van der Waals surface area contributed by atoms with Crippen LogP contribution >= 0.6 is 11.3 Å². The first-order chi connectivity index (χ1) is 13.7. The van der Waals surface area contributed by atoms with E-state index in [1.165, 1.54) is 6.08 Å². The van der Waals surface area contributed by atoms with E-state index in [0.29, 0.717) is 0 Å². The fraction of sp³-hybridized carbons (Fsp3) is 0.0455. The first-order valence-corrected chi connectivity index (χ1v) is 9.67. The zero-order valence-corrected chi connectivity index (χ0v) is 16.1. The number of benzene rings is 2. The van der Waals surface area contributed by atoms with Gasteiger partial charge in [0.2, 0.25) is 5.91 Å². The molecule has 5 nitrogen and oxygen atoms in total. The Hall–Kier alpha value is -3.51. The van der Waals surface area contributed by atoms with Gasteiger partial charge in [0.1, 0.15) is 0 Å². The van der Waals surface area contributed by atoms with Gasteiger partial charge in [0, 0.05) is 34.5 Å². The number of anilines is 1. The molecular formula is C22H18N4OS. The quantitative estimate of drug-likeness (QED) is 0.493. The summed E-state index contributed by atoms with van der Waals surface area (Å²) in [5, 5.41) is 10.2. The lowest BCUT2D eigenvalue weighted by Crippen LogP contribution is -2.07. The molecule has 0 saturated heterocycles. The Labute approximate surface area is 167 Å². The van der Waals surface area contributed by atoms with E-state index in [2.05, 4.69) is 15.4 Å². The lowest BCUT2D eigenvalue weighted by molar-refractivity contribution is -0.111. The number of hydrogen-bond acceptors (Lipinski definition) is 4. The molecule has 1 amide bonds. The maximum atomic E-state index is 12.3. The number of aromatic nitrogens is 3. The predicted octanol–water partition coefficient (Wildman–Crippen LogP) is 4.96. The molecule has 0 atom stereocenters. The van der Waals surface area contributed by atoms with Crippen molar-refractivity contribution in [2.45, 2.75) is 6.92 Å².